The van der Waals surface area contributed by atoms with Crippen molar-refractivity contribution >= 4 is 55.6 Å². The van der Waals surface area contributed by atoms with Gasteiger partial charge in [0.25, 0.3) is 10.0 Å². The van der Waals surface area contributed by atoms with Gasteiger partial charge in [-0.1, -0.05) is 11.6 Å². The number of nitriles is 1. The Kier molecular flexibility index (Phi) is 6.00. The van der Waals surface area contributed by atoms with Gasteiger partial charge in [-0.15, -0.1) is 11.3 Å². The van der Waals surface area contributed by atoms with Gasteiger partial charge >= 0.3 is 5.97 Å². The quantitative estimate of drug-likeness (QED) is 0.491. The number of aromatic nitrogens is 3. The van der Waals surface area contributed by atoms with Crippen LogP contribution in [0, 0.1) is 24.2 Å². The predicted octanol–water partition coefficient (Wildman–Crippen LogP) is 1.74. The number of ether oxygens (including phenoxy) is 1. The topological polar surface area (TPSA) is 147 Å². The van der Waals surface area contributed by atoms with E-state index in [1.54, 1.807) is 24.1 Å². The van der Waals surface area contributed by atoms with Crippen molar-refractivity contribution in [2.75, 3.05) is 24.6 Å². The van der Waals surface area contributed by atoms with Crippen molar-refractivity contribution in [3.05, 3.63) is 39.6 Å². The number of halogens is 1. The van der Waals surface area contributed by atoms with Crippen LogP contribution in [-0.2, 0) is 19.6 Å². The lowest BCUT2D eigenvalue weighted by Crippen LogP contribution is -2.55. The van der Waals surface area contributed by atoms with Crippen molar-refractivity contribution in [3.63, 3.8) is 0 Å². The second-order valence-corrected chi connectivity index (χ2v) is 9.99. The lowest BCUT2D eigenvalue weighted by Gasteiger charge is -2.39. The molecule has 0 aromatic carbocycles. The zero-order valence-electron chi connectivity index (χ0n) is 17.4. The van der Waals surface area contributed by atoms with E-state index in [1.807, 2.05) is 6.07 Å². The smallest absolute Gasteiger partial charge is 0.340 e. The third-order valence-corrected chi connectivity index (χ3v) is 7.53. The molecule has 0 bridgehead atoms. The number of sulfonamides is 1. The van der Waals surface area contributed by atoms with E-state index >= 15 is 0 Å². The Balaban J connectivity index is 1.48. The van der Waals surface area contributed by atoms with E-state index < -0.39 is 27.8 Å². The summed E-state index contributed by atoms with van der Waals surface area (Å²) in [5.74, 6) is -1.61. The van der Waals surface area contributed by atoms with Gasteiger partial charge in [0.15, 0.2) is 15.1 Å². The molecule has 3 aromatic rings. The molecule has 14 heteroatoms. The number of hydrogen-bond acceptors (Lipinski definition) is 10. The number of imidazole rings is 1. The van der Waals surface area contributed by atoms with Gasteiger partial charge in [-0.2, -0.15) is 13.7 Å². The van der Waals surface area contributed by atoms with E-state index in [1.165, 1.54) is 28.0 Å². The molecular formula is C19H17ClN6O5S2. The summed E-state index contributed by atoms with van der Waals surface area (Å²) in [5, 5.41) is 10.6. The molecule has 1 aliphatic rings. The summed E-state index contributed by atoms with van der Waals surface area (Å²) < 4.78 is 33.8. The van der Waals surface area contributed by atoms with Crippen LogP contribution in [0.2, 0.25) is 5.15 Å². The normalized spacial score (nSPS) is 14.1. The Morgan fingerprint density at radius 1 is 1.39 bits per heavy atom. The van der Waals surface area contributed by atoms with Crippen molar-refractivity contribution in [3.8, 4) is 6.07 Å². The lowest BCUT2D eigenvalue weighted by molar-refractivity contribution is -0.123. The Bertz CT molecular complexity index is 1420. The second-order valence-electron chi connectivity index (χ2n) is 7.16. The first-order valence-corrected chi connectivity index (χ1v) is 12.4. The first-order valence-electron chi connectivity index (χ1n) is 9.67. The van der Waals surface area contributed by atoms with Crippen LogP contribution < -0.4 is 9.62 Å². The van der Waals surface area contributed by atoms with Gasteiger partial charge < -0.3 is 9.64 Å². The fourth-order valence-electron chi connectivity index (χ4n) is 3.39. The van der Waals surface area contributed by atoms with E-state index in [4.69, 9.17) is 16.3 Å². The van der Waals surface area contributed by atoms with E-state index in [-0.39, 0.29) is 41.0 Å². The number of nitrogens with zero attached hydrogens (tertiary/aromatic N) is 5. The van der Waals surface area contributed by atoms with E-state index in [9.17, 15) is 23.3 Å². The van der Waals surface area contributed by atoms with Crippen LogP contribution in [0.5, 0.6) is 0 Å². The van der Waals surface area contributed by atoms with Gasteiger partial charge in [0.2, 0.25) is 5.91 Å². The molecule has 1 aliphatic heterocycles. The molecule has 0 radical (unpaired) electrons. The lowest BCUT2D eigenvalue weighted by atomic mass is 9.98. The first-order chi connectivity index (χ1) is 15.7. The van der Waals surface area contributed by atoms with Crippen LogP contribution >= 0.6 is 22.9 Å². The molecule has 0 unspecified atom stereocenters. The molecule has 4 rings (SSSR count). The second kappa shape index (κ2) is 8.62. The Hall–Kier alpha value is -3.21. The molecule has 1 amide bonds. The van der Waals surface area contributed by atoms with Gasteiger partial charge in [0.05, 0.1) is 29.3 Å². The zero-order valence-corrected chi connectivity index (χ0v) is 19.8. The van der Waals surface area contributed by atoms with Crippen LogP contribution in [0.15, 0.2) is 22.7 Å². The SMILES string of the molecule is CCOC(=O)c1cc(C#N)c(N2CC(C(=O)NS(=O)(=O)c3c(Cl)nc4sccn34)C2)nc1C. The Morgan fingerprint density at radius 2 is 2.12 bits per heavy atom. The first kappa shape index (κ1) is 23.0. The number of anilines is 1. The Labute approximate surface area is 197 Å². The van der Waals surface area contributed by atoms with Gasteiger partial charge in [0, 0.05) is 24.7 Å². The third kappa shape index (κ3) is 4.12. The summed E-state index contributed by atoms with van der Waals surface area (Å²) in [5.41, 5.74) is 0.726. The van der Waals surface area contributed by atoms with Crippen molar-refractivity contribution in [2.45, 2.75) is 18.9 Å². The van der Waals surface area contributed by atoms with Crippen molar-refractivity contribution in [1.29, 1.82) is 5.26 Å². The number of carbonyl (C=O) groups is 2. The van der Waals surface area contributed by atoms with E-state index in [0.717, 1.165) is 0 Å². The van der Waals surface area contributed by atoms with E-state index in [2.05, 4.69) is 14.7 Å². The summed E-state index contributed by atoms with van der Waals surface area (Å²) in [6, 6.07) is 3.40. The number of thiazole rings is 1. The number of aryl methyl sites for hydroxylation is 1. The number of hydrogen-bond donors (Lipinski definition) is 1. The molecule has 3 aromatic heterocycles. The number of fused-ring (bicyclic) bond motifs is 1. The molecule has 0 saturated carbocycles. The molecule has 1 N–H and O–H groups in total. The number of amides is 1. The van der Waals surface area contributed by atoms with Crippen LogP contribution in [0.25, 0.3) is 4.96 Å². The molecule has 0 aliphatic carbocycles. The minimum absolute atomic E-state index is 0.148. The standard InChI is InChI=1S/C19H17ClN6O5S2/c1-3-31-18(28)13-6-11(7-21)15(22-10(13)2)25-8-12(9-25)16(27)24-33(29,30)17-14(20)23-19-26(17)4-5-32-19/h4-6,12H,3,8-9H2,1-2H3,(H,24,27). The fraction of sp³-hybridized carbons (Fsp3) is 0.316. The average Bonchev–Trinajstić information content (AvgIpc) is 3.26. The molecule has 1 fully saturated rings. The number of carbonyl (C=O) groups excluding carboxylic acids is 2. The number of nitrogens with one attached hydrogen (secondary N) is 1. The van der Waals surface area contributed by atoms with E-state index in [0.29, 0.717) is 16.5 Å². The van der Waals surface area contributed by atoms with Gasteiger partial charge in [0.1, 0.15) is 11.9 Å². The van der Waals surface area contributed by atoms with Crippen LogP contribution in [0.3, 0.4) is 0 Å². The minimum atomic E-state index is -4.25. The minimum Gasteiger partial charge on any atom is -0.462 e. The number of rotatable bonds is 6. The Morgan fingerprint density at radius 3 is 2.79 bits per heavy atom. The predicted molar refractivity (Wildman–Crippen MR) is 119 cm³/mol. The largest absolute Gasteiger partial charge is 0.462 e. The van der Waals surface area contributed by atoms with Crippen LogP contribution in [0.1, 0.15) is 28.5 Å². The highest BCUT2D eigenvalue weighted by Crippen LogP contribution is 2.29. The molecule has 172 valence electrons. The monoisotopic (exact) mass is 508 g/mol. The maximum absolute atomic E-state index is 12.7. The molecule has 4 heterocycles. The third-order valence-electron chi connectivity index (χ3n) is 5.03. The molecule has 33 heavy (non-hydrogen) atoms. The fourth-order valence-corrected chi connectivity index (χ4v) is 5.89. The summed E-state index contributed by atoms with van der Waals surface area (Å²) in [6.45, 7) is 3.78. The molecule has 0 atom stereocenters. The summed E-state index contributed by atoms with van der Waals surface area (Å²) in [7, 11) is -4.25. The van der Waals surface area contributed by atoms with Crippen molar-refractivity contribution < 1.29 is 22.7 Å². The molecular weight excluding hydrogens is 492 g/mol. The van der Waals surface area contributed by atoms with Gasteiger partial charge in [-0.25, -0.2) is 19.5 Å². The van der Waals surface area contributed by atoms with Crippen molar-refractivity contribution in [2.24, 2.45) is 5.92 Å². The van der Waals surface area contributed by atoms with Crippen LogP contribution in [-0.4, -0.2) is 54.4 Å². The maximum atomic E-state index is 12.7. The highest BCUT2D eigenvalue weighted by molar-refractivity contribution is 7.90. The average molecular weight is 509 g/mol. The summed E-state index contributed by atoms with van der Waals surface area (Å²) >= 11 is 7.18. The van der Waals surface area contributed by atoms with Crippen LogP contribution in [0.4, 0.5) is 5.82 Å². The molecule has 1 saturated heterocycles. The van der Waals surface area contributed by atoms with Gasteiger partial charge in [-0.05, 0) is 19.9 Å². The molecule has 11 nitrogen and oxygen atoms in total. The van der Waals surface area contributed by atoms with Crippen molar-refractivity contribution in [1.82, 2.24) is 19.1 Å². The summed E-state index contributed by atoms with van der Waals surface area (Å²) in [6.07, 6.45) is 1.50. The summed E-state index contributed by atoms with van der Waals surface area (Å²) in [4.78, 5) is 35.0. The number of esters is 1. The highest BCUT2D eigenvalue weighted by Gasteiger charge is 2.38. The highest BCUT2D eigenvalue weighted by atomic mass is 35.5. The maximum Gasteiger partial charge on any atom is 0.340 e. The zero-order chi connectivity index (χ0) is 23.9. The molecule has 0 spiro atoms. The number of pyridine rings is 1. The van der Waals surface area contributed by atoms with Gasteiger partial charge in [-0.3, -0.25) is 9.20 Å².